The fourth-order valence-corrected chi connectivity index (χ4v) is 2.55. The second kappa shape index (κ2) is 5.45. The van der Waals surface area contributed by atoms with Crippen molar-refractivity contribution < 1.29 is 0 Å². The largest absolute Gasteiger partial charge is 0.355 e. The molecule has 1 aromatic rings. The molecular weight excluding hydrogens is 212 g/mol. The van der Waals surface area contributed by atoms with E-state index in [2.05, 4.69) is 14.9 Å². The summed E-state index contributed by atoms with van der Waals surface area (Å²) in [6.07, 6.45) is 5.49. The molecule has 4 heteroatoms. The summed E-state index contributed by atoms with van der Waals surface area (Å²) in [7, 11) is 0. The fourth-order valence-electron chi connectivity index (χ4n) is 2.55. The van der Waals surface area contributed by atoms with Crippen molar-refractivity contribution in [2.75, 3.05) is 24.5 Å². The Bertz CT molecular complexity index is 376. The zero-order chi connectivity index (χ0) is 12.3. The molecule has 0 radical (unpaired) electrons. The van der Waals surface area contributed by atoms with Crippen molar-refractivity contribution in [1.82, 2.24) is 9.97 Å². The van der Waals surface area contributed by atoms with Gasteiger partial charge in [-0.2, -0.15) is 0 Å². The molecule has 0 saturated carbocycles. The summed E-state index contributed by atoms with van der Waals surface area (Å²) in [5, 5.41) is 0. The number of hydrogen-bond acceptors (Lipinski definition) is 4. The molecule has 1 unspecified atom stereocenters. The van der Waals surface area contributed by atoms with E-state index in [1.165, 1.54) is 12.8 Å². The van der Waals surface area contributed by atoms with Gasteiger partial charge in [0.05, 0.1) is 11.4 Å². The van der Waals surface area contributed by atoms with Gasteiger partial charge in [-0.25, -0.2) is 4.98 Å². The Labute approximate surface area is 103 Å². The van der Waals surface area contributed by atoms with Crippen LogP contribution < -0.4 is 10.6 Å². The zero-order valence-corrected chi connectivity index (χ0v) is 10.8. The minimum Gasteiger partial charge on any atom is -0.355 e. The highest BCUT2D eigenvalue weighted by Crippen LogP contribution is 2.24. The van der Waals surface area contributed by atoms with Crippen LogP contribution in [0.15, 0.2) is 6.20 Å². The van der Waals surface area contributed by atoms with Gasteiger partial charge >= 0.3 is 0 Å². The third-order valence-electron chi connectivity index (χ3n) is 3.44. The second-order valence-corrected chi connectivity index (χ2v) is 4.95. The number of nitrogens with zero attached hydrogens (tertiary/aromatic N) is 3. The molecule has 1 atom stereocenters. The van der Waals surface area contributed by atoms with Crippen molar-refractivity contribution in [1.29, 1.82) is 0 Å². The Morgan fingerprint density at radius 2 is 2.29 bits per heavy atom. The first kappa shape index (κ1) is 12.3. The molecule has 0 bridgehead atoms. The van der Waals surface area contributed by atoms with E-state index in [-0.39, 0.29) is 0 Å². The van der Waals surface area contributed by atoms with Crippen molar-refractivity contribution >= 4 is 5.82 Å². The molecule has 2 heterocycles. The molecule has 1 fully saturated rings. The maximum atomic E-state index is 5.65. The molecular formula is C13H22N4. The number of aryl methyl sites for hydroxylation is 2. The third kappa shape index (κ3) is 2.94. The van der Waals surface area contributed by atoms with Crippen LogP contribution in [0, 0.1) is 19.8 Å². The number of anilines is 1. The maximum absolute atomic E-state index is 5.65. The molecule has 4 nitrogen and oxygen atoms in total. The summed E-state index contributed by atoms with van der Waals surface area (Å²) < 4.78 is 0. The summed E-state index contributed by atoms with van der Waals surface area (Å²) in [6, 6.07) is 0. The summed E-state index contributed by atoms with van der Waals surface area (Å²) in [6.45, 7) is 7.00. The Hall–Kier alpha value is -1.16. The highest BCUT2D eigenvalue weighted by Gasteiger charge is 2.21. The van der Waals surface area contributed by atoms with E-state index >= 15 is 0 Å². The van der Waals surface area contributed by atoms with E-state index in [0.29, 0.717) is 0 Å². The van der Waals surface area contributed by atoms with Gasteiger partial charge in [0.25, 0.3) is 0 Å². The van der Waals surface area contributed by atoms with E-state index in [9.17, 15) is 0 Å². The van der Waals surface area contributed by atoms with Gasteiger partial charge < -0.3 is 10.6 Å². The van der Waals surface area contributed by atoms with Crippen molar-refractivity contribution in [2.24, 2.45) is 11.7 Å². The van der Waals surface area contributed by atoms with Crippen molar-refractivity contribution in [3.63, 3.8) is 0 Å². The summed E-state index contributed by atoms with van der Waals surface area (Å²) >= 11 is 0. The third-order valence-corrected chi connectivity index (χ3v) is 3.44. The van der Waals surface area contributed by atoms with Gasteiger partial charge in [-0.3, -0.25) is 4.98 Å². The van der Waals surface area contributed by atoms with Crippen LogP contribution in [0.25, 0.3) is 0 Å². The SMILES string of the molecule is Cc1cnc(C)c(N2CCCC(CCN)C2)n1. The number of nitrogens with two attached hydrogens (primary N) is 1. The number of hydrogen-bond donors (Lipinski definition) is 1. The topological polar surface area (TPSA) is 55.0 Å². The molecule has 0 aliphatic carbocycles. The van der Waals surface area contributed by atoms with Gasteiger partial charge in [0.2, 0.25) is 0 Å². The van der Waals surface area contributed by atoms with E-state index in [1.807, 2.05) is 20.0 Å². The van der Waals surface area contributed by atoms with Crippen LogP contribution in [0.1, 0.15) is 30.7 Å². The lowest BCUT2D eigenvalue weighted by atomic mass is 9.95. The average molecular weight is 234 g/mol. The highest BCUT2D eigenvalue weighted by atomic mass is 15.2. The Kier molecular flexibility index (Phi) is 3.94. The molecule has 0 aromatic carbocycles. The summed E-state index contributed by atoms with van der Waals surface area (Å²) in [4.78, 5) is 11.4. The lowest BCUT2D eigenvalue weighted by Crippen LogP contribution is -2.37. The van der Waals surface area contributed by atoms with Crippen LogP contribution in [0.2, 0.25) is 0 Å². The second-order valence-electron chi connectivity index (χ2n) is 4.95. The standard InChI is InChI=1S/C13H22N4/c1-10-8-15-11(2)13(16-10)17-7-3-4-12(9-17)5-6-14/h8,12H,3-7,9,14H2,1-2H3. The lowest BCUT2D eigenvalue weighted by Gasteiger charge is -2.34. The first-order chi connectivity index (χ1) is 8.20. The van der Waals surface area contributed by atoms with E-state index in [4.69, 9.17) is 5.73 Å². The lowest BCUT2D eigenvalue weighted by molar-refractivity contribution is 0.394. The first-order valence-corrected chi connectivity index (χ1v) is 6.46. The normalized spacial score (nSPS) is 20.6. The van der Waals surface area contributed by atoms with Crippen LogP contribution in [0.5, 0.6) is 0 Å². The predicted molar refractivity (Wildman–Crippen MR) is 70.1 cm³/mol. The smallest absolute Gasteiger partial charge is 0.150 e. The van der Waals surface area contributed by atoms with E-state index in [1.54, 1.807) is 0 Å². The first-order valence-electron chi connectivity index (χ1n) is 6.46. The quantitative estimate of drug-likeness (QED) is 0.864. The Morgan fingerprint density at radius 3 is 3.06 bits per heavy atom. The average Bonchev–Trinajstić information content (AvgIpc) is 2.33. The van der Waals surface area contributed by atoms with Crippen LogP contribution in [-0.4, -0.2) is 29.6 Å². The molecule has 1 aromatic heterocycles. The number of piperidine rings is 1. The van der Waals surface area contributed by atoms with Crippen molar-refractivity contribution in [2.45, 2.75) is 33.1 Å². The molecule has 2 N–H and O–H groups in total. The van der Waals surface area contributed by atoms with E-state index in [0.717, 1.165) is 49.2 Å². The molecule has 1 aliphatic rings. The molecule has 94 valence electrons. The molecule has 1 saturated heterocycles. The minimum atomic E-state index is 0.718. The molecule has 0 spiro atoms. The van der Waals surface area contributed by atoms with Gasteiger partial charge in [0.1, 0.15) is 5.82 Å². The summed E-state index contributed by atoms with van der Waals surface area (Å²) in [5.41, 5.74) is 7.67. The van der Waals surface area contributed by atoms with Crippen LogP contribution in [0.3, 0.4) is 0 Å². The van der Waals surface area contributed by atoms with Gasteiger partial charge in [-0.15, -0.1) is 0 Å². The number of rotatable bonds is 3. The Balaban J connectivity index is 2.13. The van der Waals surface area contributed by atoms with Crippen LogP contribution >= 0.6 is 0 Å². The van der Waals surface area contributed by atoms with E-state index < -0.39 is 0 Å². The van der Waals surface area contributed by atoms with Gasteiger partial charge in [0.15, 0.2) is 0 Å². The van der Waals surface area contributed by atoms with Crippen LogP contribution in [-0.2, 0) is 0 Å². The van der Waals surface area contributed by atoms with Crippen LogP contribution in [0.4, 0.5) is 5.82 Å². The minimum absolute atomic E-state index is 0.718. The maximum Gasteiger partial charge on any atom is 0.150 e. The predicted octanol–water partition coefficient (Wildman–Crippen LogP) is 1.66. The monoisotopic (exact) mass is 234 g/mol. The van der Waals surface area contributed by atoms with Gasteiger partial charge in [0, 0.05) is 19.3 Å². The molecule has 17 heavy (non-hydrogen) atoms. The fraction of sp³-hybridized carbons (Fsp3) is 0.692. The van der Waals surface area contributed by atoms with Gasteiger partial charge in [-0.1, -0.05) is 0 Å². The molecule has 0 amide bonds. The van der Waals surface area contributed by atoms with Gasteiger partial charge in [-0.05, 0) is 45.6 Å². The highest BCUT2D eigenvalue weighted by molar-refractivity contribution is 5.43. The molecule has 1 aliphatic heterocycles. The number of aromatic nitrogens is 2. The summed E-state index contributed by atoms with van der Waals surface area (Å²) in [5.74, 6) is 1.78. The van der Waals surface area contributed by atoms with Crippen molar-refractivity contribution in [3.8, 4) is 0 Å². The molecule has 2 rings (SSSR count). The van der Waals surface area contributed by atoms with Crippen molar-refractivity contribution in [3.05, 3.63) is 17.6 Å². The zero-order valence-electron chi connectivity index (χ0n) is 10.8. The Morgan fingerprint density at radius 1 is 1.47 bits per heavy atom.